The van der Waals surface area contributed by atoms with Crippen LogP contribution in [0.2, 0.25) is 5.02 Å². The second-order valence-electron chi connectivity index (χ2n) is 3.11. The standard InChI is InChI=1S/C9H10ClN5/c10-6-3-1-5(2-4-6)7(11)8-13-9(12)15-14-8/h1-4,7H,11H2,(H3,12,13,14,15)/t7-/m1/s1. The second-order valence-corrected chi connectivity index (χ2v) is 3.54. The summed E-state index contributed by atoms with van der Waals surface area (Å²) < 4.78 is 0. The third-order valence-electron chi connectivity index (χ3n) is 2.04. The number of hydrogen-bond acceptors (Lipinski definition) is 4. The molecule has 1 heterocycles. The van der Waals surface area contributed by atoms with Gasteiger partial charge in [-0.05, 0) is 17.7 Å². The van der Waals surface area contributed by atoms with E-state index in [1.165, 1.54) is 0 Å². The van der Waals surface area contributed by atoms with Gasteiger partial charge in [0.05, 0.1) is 6.04 Å². The second kappa shape index (κ2) is 3.88. The Kier molecular flexibility index (Phi) is 2.57. The fourth-order valence-electron chi connectivity index (χ4n) is 1.26. The van der Waals surface area contributed by atoms with Crippen molar-refractivity contribution in [2.45, 2.75) is 6.04 Å². The average molecular weight is 224 g/mol. The first-order chi connectivity index (χ1) is 7.16. The van der Waals surface area contributed by atoms with Crippen LogP contribution in [0.15, 0.2) is 24.3 Å². The van der Waals surface area contributed by atoms with E-state index < -0.39 is 0 Å². The monoisotopic (exact) mass is 223 g/mol. The number of anilines is 1. The predicted octanol–water partition coefficient (Wildman–Crippen LogP) is 1.09. The van der Waals surface area contributed by atoms with Crippen LogP contribution in [0.4, 0.5) is 5.95 Å². The highest BCUT2D eigenvalue weighted by Gasteiger charge is 2.12. The first kappa shape index (κ1) is 9.95. The summed E-state index contributed by atoms with van der Waals surface area (Å²) in [5.74, 6) is 0.726. The van der Waals surface area contributed by atoms with E-state index in [0.29, 0.717) is 10.8 Å². The number of aromatic nitrogens is 3. The molecule has 2 rings (SSSR count). The van der Waals surface area contributed by atoms with Gasteiger partial charge in [-0.15, -0.1) is 5.10 Å². The minimum absolute atomic E-state index is 0.189. The summed E-state index contributed by atoms with van der Waals surface area (Å²) in [7, 11) is 0. The largest absolute Gasteiger partial charge is 0.367 e. The Bertz CT molecular complexity index is 450. The third kappa shape index (κ3) is 2.08. The van der Waals surface area contributed by atoms with Crippen LogP contribution in [-0.2, 0) is 0 Å². The molecule has 0 aliphatic rings. The number of benzene rings is 1. The molecule has 1 aromatic heterocycles. The Hall–Kier alpha value is -1.59. The smallest absolute Gasteiger partial charge is 0.239 e. The fraction of sp³-hybridized carbons (Fsp3) is 0.111. The molecular weight excluding hydrogens is 214 g/mol. The zero-order valence-corrected chi connectivity index (χ0v) is 8.57. The number of nitrogen functional groups attached to an aromatic ring is 1. The Morgan fingerprint density at radius 1 is 1.27 bits per heavy atom. The van der Waals surface area contributed by atoms with Gasteiger partial charge in [0.25, 0.3) is 0 Å². The molecular formula is C9H10ClN5. The zero-order chi connectivity index (χ0) is 10.8. The summed E-state index contributed by atoms with van der Waals surface area (Å²) in [6.45, 7) is 0. The van der Waals surface area contributed by atoms with Crippen LogP contribution in [0.3, 0.4) is 0 Å². The van der Waals surface area contributed by atoms with E-state index in [1.54, 1.807) is 12.1 Å². The third-order valence-corrected chi connectivity index (χ3v) is 2.30. The zero-order valence-electron chi connectivity index (χ0n) is 7.81. The molecule has 0 aliphatic heterocycles. The van der Waals surface area contributed by atoms with Crippen molar-refractivity contribution in [2.24, 2.45) is 5.73 Å². The number of rotatable bonds is 2. The van der Waals surface area contributed by atoms with Gasteiger partial charge in [-0.2, -0.15) is 4.98 Å². The number of aromatic amines is 1. The van der Waals surface area contributed by atoms with Crippen LogP contribution >= 0.6 is 11.6 Å². The van der Waals surface area contributed by atoms with Crippen molar-refractivity contribution in [3.05, 3.63) is 40.7 Å². The molecule has 0 aliphatic carbocycles. The topological polar surface area (TPSA) is 93.6 Å². The number of nitrogens with zero attached hydrogens (tertiary/aromatic N) is 2. The lowest BCUT2D eigenvalue weighted by molar-refractivity contribution is 0.787. The first-order valence-electron chi connectivity index (χ1n) is 4.35. The Balaban J connectivity index is 2.28. The average Bonchev–Trinajstić information content (AvgIpc) is 2.65. The van der Waals surface area contributed by atoms with Gasteiger partial charge >= 0.3 is 0 Å². The predicted molar refractivity (Wildman–Crippen MR) is 58.3 cm³/mol. The molecule has 0 saturated carbocycles. The quantitative estimate of drug-likeness (QED) is 0.710. The van der Waals surface area contributed by atoms with Crippen molar-refractivity contribution >= 4 is 17.5 Å². The van der Waals surface area contributed by atoms with Crippen LogP contribution in [0.25, 0.3) is 0 Å². The maximum Gasteiger partial charge on any atom is 0.239 e. The number of halogens is 1. The minimum Gasteiger partial charge on any atom is -0.367 e. The Morgan fingerprint density at radius 3 is 2.47 bits per heavy atom. The van der Waals surface area contributed by atoms with Crippen LogP contribution in [-0.4, -0.2) is 15.2 Å². The van der Waals surface area contributed by atoms with E-state index in [1.807, 2.05) is 12.1 Å². The lowest BCUT2D eigenvalue weighted by atomic mass is 10.1. The van der Waals surface area contributed by atoms with Crippen molar-refractivity contribution in [3.8, 4) is 0 Å². The molecule has 1 atom stereocenters. The molecule has 0 radical (unpaired) electrons. The van der Waals surface area contributed by atoms with E-state index >= 15 is 0 Å². The van der Waals surface area contributed by atoms with Crippen molar-refractivity contribution in [2.75, 3.05) is 5.73 Å². The van der Waals surface area contributed by atoms with Gasteiger partial charge in [0.15, 0.2) is 0 Å². The summed E-state index contributed by atoms with van der Waals surface area (Å²) in [5, 5.41) is 7.06. The molecule has 5 N–H and O–H groups in total. The number of H-pyrrole nitrogens is 1. The molecule has 0 fully saturated rings. The Morgan fingerprint density at radius 2 is 1.93 bits per heavy atom. The normalized spacial score (nSPS) is 12.7. The van der Waals surface area contributed by atoms with Gasteiger partial charge in [0, 0.05) is 5.02 Å². The molecule has 0 bridgehead atoms. The number of nitrogens with two attached hydrogens (primary N) is 2. The lowest BCUT2D eigenvalue weighted by Crippen LogP contribution is -2.13. The highest BCUT2D eigenvalue weighted by Crippen LogP contribution is 2.18. The van der Waals surface area contributed by atoms with Crippen LogP contribution in [0.5, 0.6) is 0 Å². The maximum absolute atomic E-state index is 5.95. The van der Waals surface area contributed by atoms with E-state index in [0.717, 1.165) is 5.56 Å². The van der Waals surface area contributed by atoms with Gasteiger partial charge in [-0.25, -0.2) is 0 Å². The molecule has 0 amide bonds. The SMILES string of the molecule is Nc1n[nH]c([C@H](N)c2ccc(Cl)cc2)n1. The Labute approximate surface area is 91.5 Å². The summed E-state index contributed by atoms with van der Waals surface area (Å²) in [6, 6.07) is 6.86. The first-order valence-corrected chi connectivity index (χ1v) is 4.73. The molecule has 0 spiro atoms. The molecule has 2 aromatic rings. The summed E-state index contributed by atoms with van der Waals surface area (Å²) in [4.78, 5) is 3.96. The van der Waals surface area contributed by atoms with Crippen molar-refractivity contribution in [1.82, 2.24) is 15.2 Å². The molecule has 78 valence electrons. The van der Waals surface area contributed by atoms with Gasteiger partial charge in [-0.1, -0.05) is 23.7 Å². The van der Waals surface area contributed by atoms with E-state index in [-0.39, 0.29) is 12.0 Å². The van der Waals surface area contributed by atoms with Gasteiger partial charge in [-0.3, -0.25) is 5.10 Å². The minimum atomic E-state index is -0.368. The molecule has 1 aromatic carbocycles. The summed E-state index contributed by atoms with van der Waals surface area (Å²) in [5.41, 5.74) is 12.2. The lowest BCUT2D eigenvalue weighted by Gasteiger charge is -2.07. The van der Waals surface area contributed by atoms with Gasteiger partial charge < -0.3 is 11.5 Å². The van der Waals surface area contributed by atoms with Gasteiger partial charge in [0.2, 0.25) is 5.95 Å². The summed E-state index contributed by atoms with van der Waals surface area (Å²) >= 11 is 5.77. The van der Waals surface area contributed by atoms with Crippen molar-refractivity contribution in [3.63, 3.8) is 0 Å². The molecule has 15 heavy (non-hydrogen) atoms. The number of hydrogen-bond donors (Lipinski definition) is 3. The molecule has 6 heteroatoms. The summed E-state index contributed by atoms with van der Waals surface area (Å²) in [6.07, 6.45) is 0. The molecule has 0 unspecified atom stereocenters. The van der Waals surface area contributed by atoms with E-state index in [4.69, 9.17) is 23.1 Å². The van der Waals surface area contributed by atoms with Gasteiger partial charge in [0.1, 0.15) is 5.82 Å². The fourth-order valence-corrected chi connectivity index (χ4v) is 1.38. The maximum atomic E-state index is 5.95. The highest BCUT2D eigenvalue weighted by molar-refractivity contribution is 6.30. The molecule has 0 saturated heterocycles. The van der Waals surface area contributed by atoms with E-state index in [2.05, 4.69) is 15.2 Å². The molecule has 5 nitrogen and oxygen atoms in total. The highest BCUT2D eigenvalue weighted by atomic mass is 35.5. The van der Waals surface area contributed by atoms with E-state index in [9.17, 15) is 0 Å². The van der Waals surface area contributed by atoms with Crippen molar-refractivity contribution < 1.29 is 0 Å². The van der Waals surface area contributed by atoms with Crippen LogP contribution < -0.4 is 11.5 Å². The van der Waals surface area contributed by atoms with Crippen LogP contribution in [0, 0.1) is 0 Å². The number of nitrogens with one attached hydrogen (secondary N) is 1. The van der Waals surface area contributed by atoms with Crippen LogP contribution in [0.1, 0.15) is 17.4 Å². The van der Waals surface area contributed by atoms with Crippen molar-refractivity contribution in [1.29, 1.82) is 0 Å².